The van der Waals surface area contributed by atoms with Gasteiger partial charge in [0.15, 0.2) is 5.96 Å². The molecule has 5 heteroatoms. The number of fused-ring (bicyclic) bond motifs is 1. The van der Waals surface area contributed by atoms with Crippen molar-refractivity contribution in [3.05, 3.63) is 23.8 Å². The lowest BCUT2D eigenvalue weighted by Crippen LogP contribution is -2.26. The zero-order valence-corrected chi connectivity index (χ0v) is 12.9. The van der Waals surface area contributed by atoms with E-state index in [0.29, 0.717) is 0 Å². The van der Waals surface area contributed by atoms with E-state index in [9.17, 15) is 0 Å². The number of hydrogen-bond acceptors (Lipinski definition) is 4. The summed E-state index contributed by atoms with van der Waals surface area (Å²) in [7, 11) is 0. The lowest BCUT2D eigenvalue weighted by atomic mass is 10.1. The smallest absolute Gasteiger partial charge is 0.195 e. The number of halogens is 1. The van der Waals surface area contributed by atoms with Gasteiger partial charge in [-0.3, -0.25) is 4.99 Å². The van der Waals surface area contributed by atoms with Gasteiger partial charge in [-0.05, 0) is 31.0 Å². The molecule has 1 aromatic rings. The van der Waals surface area contributed by atoms with Crippen LogP contribution in [0.15, 0.2) is 23.2 Å². The number of hydrogen-bond donors (Lipinski definition) is 2. The van der Waals surface area contributed by atoms with Crippen LogP contribution in [-0.4, -0.2) is 32.1 Å². The second-order valence-electron chi connectivity index (χ2n) is 4.46. The van der Waals surface area contributed by atoms with Gasteiger partial charge in [0.1, 0.15) is 0 Å². The Balaban J connectivity index is 0.00000120. The molecule has 0 unspecified atom stereocenters. The van der Waals surface area contributed by atoms with Crippen LogP contribution in [-0.2, 0) is 6.42 Å². The minimum atomic E-state index is 0. The number of likely N-dealkylation sites (N-methyl/N-ethyl adjacent to an activating group) is 1. The molecular weight excluding hydrogens is 339 g/mol. The molecule has 98 valence electrons. The molecule has 1 aromatic carbocycles. The maximum Gasteiger partial charge on any atom is 0.195 e. The van der Waals surface area contributed by atoms with Gasteiger partial charge in [-0.25, -0.2) is 0 Å². The van der Waals surface area contributed by atoms with Gasteiger partial charge >= 0.3 is 0 Å². The SMILES string of the molecule is CCN1CCc2ccc(NC3=NCCN3)cc21.I. The monoisotopic (exact) mass is 358 g/mol. The molecule has 0 saturated carbocycles. The van der Waals surface area contributed by atoms with Gasteiger partial charge < -0.3 is 15.5 Å². The fourth-order valence-electron chi connectivity index (χ4n) is 2.47. The Hall–Kier alpha value is -0.980. The van der Waals surface area contributed by atoms with E-state index in [0.717, 1.165) is 37.8 Å². The van der Waals surface area contributed by atoms with E-state index in [1.165, 1.54) is 17.7 Å². The molecule has 0 aliphatic carbocycles. The summed E-state index contributed by atoms with van der Waals surface area (Å²) in [5.41, 5.74) is 3.95. The summed E-state index contributed by atoms with van der Waals surface area (Å²) in [5.74, 6) is 0.894. The van der Waals surface area contributed by atoms with Gasteiger partial charge in [0, 0.05) is 31.0 Å². The second kappa shape index (κ2) is 5.77. The third-order valence-corrected chi connectivity index (χ3v) is 3.40. The Morgan fingerprint density at radius 3 is 3.06 bits per heavy atom. The van der Waals surface area contributed by atoms with Crippen molar-refractivity contribution in [2.45, 2.75) is 13.3 Å². The highest BCUT2D eigenvalue weighted by Gasteiger charge is 2.18. The minimum Gasteiger partial charge on any atom is -0.371 e. The lowest BCUT2D eigenvalue weighted by Gasteiger charge is -2.17. The normalized spacial score (nSPS) is 16.7. The first kappa shape index (κ1) is 13.5. The van der Waals surface area contributed by atoms with Crippen LogP contribution in [0.4, 0.5) is 11.4 Å². The van der Waals surface area contributed by atoms with Crippen molar-refractivity contribution in [1.29, 1.82) is 0 Å². The van der Waals surface area contributed by atoms with E-state index < -0.39 is 0 Å². The Morgan fingerprint density at radius 1 is 1.44 bits per heavy atom. The molecule has 0 saturated heterocycles. The molecule has 2 N–H and O–H groups in total. The third-order valence-electron chi connectivity index (χ3n) is 3.40. The largest absolute Gasteiger partial charge is 0.371 e. The highest BCUT2D eigenvalue weighted by atomic mass is 127. The molecule has 0 atom stereocenters. The Kier molecular flexibility index (Phi) is 4.31. The quantitative estimate of drug-likeness (QED) is 0.796. The van der Waals surface area contributed by atoms with E-state index in [2.05, 4.69) is 45.6 Å². The van der Waals surface area contributed by atoms with Crippen molar-refractivity contribution < 1.29 is 0 Å². The van der Waals surface area contributed by atoms with E-state index in [1.54, 1.807) is 0 Å². The standard InChI is InChI=1S/C13H18N4.HI/c1-2-17-8-5-10-3-4-11(9-12(10)17)16-13-14-6-7-15-13;/h3-4,9H,2,5-8H2,1H3,(H2,14,15,16);1H. The summed E-state index contributed by atoms with van der Waals surface area (Å²) in [6.07, 6.45) is 1.17. The van der Waals surface area contributed by atoms with Crippen molar-refractivity contribution in [3.63, 3.8) is 0 Å². The summed E-state index contributed by atoms with van der Waals surface area (Å²) < 4.78 is 0. The van der Waals surface area contributed by atoms with Crippen LogP contribution in [0, 0.1) is 0 Å². The number of aliphatic imine (C=N–C) groups is 1. The summed E-state index contributed by atoms with van der Waals surface area (Å²) in [6.45, 7) is 6.24. The maximum atomic E-state index is 4.34. The molecule has 2 aliphatic rings. The maximum absolute atomic E-state index is 4.34. The van der Waals surface area contributed by atoms with Crippen LogP contribution in [0.3, 0.4) is 0 Å². The average Bonchev–Trinajstić information content (AvgIpc) is 2.97. The van der Waals surface area contributed by atoms with Crippen LogP contribution in [0.1, 0.15) is 12.5 Å². The van der Waals surface area contributed by atoms with Crippen LogP contribution in [0.2, 0.25) is 0 Å². The molecule has 0 aromatic heterocycles. The lowest BCUT2D eigenvalue weighted by molar-refractivity contribution is 0.868. The first-order valence-electron chi connectivity index (χ1n) is 6.30. The van der Waals surface area contributed by atoms with Gasteiger partial charge in [-0.1, -0.05) is 6.07 Å². The van der Waals surface area contributed by atoms with Crippen LogP contribution < -0.4 is 15.5 Å². The fraction of sp³-hybridized carbons (Fsp3) is 0.462. The molecule has 18 heavy (non-hydrogen) atoms. The summed E-state index contributed by atoms with van der Waals surface area (Å²) in [5, 5.41) is 6.55. The first-order chi connectivity index (χ1) is 8.36. The van der Waals surface area contributed by atoms with Gasteiger partial charge in [0.25, 0.3) is 0 Å². The van der Waals surface area contributed by atoms with Gasteiger partial charge in [0.2, 0.25) is 0 Å². The highest BCUT2D eigenvalue weighted by Crippen LogP contribution is 2.30. The molecule has 0 fully saturated rings. The number of rotatable bonds is 2. The van der Waals surface area contributed by atoms with Gasteiger partial charge in [-0.2, -0.15) is 0 Å². The molecule has 4 nitrogen and oxygen atoms in total. The minimum absolute atomic E-state index is 0. The first-order valence-corrected chi connectivity index (χ1v) is 6.30. The number of anilines is 2. The molecular formula is C13H19IN4. The number of guanidine groups is 1. The third kappa shape index (κ3) is 2.55. The molecule has 0 radical (unpaired) electrons. The Bertz CT molecular complexity index is 458. The molecule has 3 rings (SSSR count). The Labute approximate surface area is 125 Å². The van der Waals surface area contributed by atoms with Crippen LogP contribution in [0.5, 0.6) is 0 Å². The second-order valence-corrected chi connectivity index (χ2v) is 4.46. The van der Waals surface area contributed by atoms with E-state index >= 15 is 0 Å². The molecule has 0 amide bonds. The van der Waals surface area contributed by atoms with Crippen molar-refractivity contribution >= 4 is 41.3 Å². The number of nitrogens with zero attached hydrogens (tertiary/aromatic N) is 2. The number of nitrogens with one attached hydrogen (secondary N) is 2. The molecule has 2 aliphatic heterocycles. The van der Waals surface area contributed by atoms with Gasteiger partial charge in [-0.15, -0.1) is 24.0 Å². The highest BCUT2D eigenvalue weighted by molar-refractivity contribution is 14.0. The predicted octanol–water partition coefficient (Wildman–Crippen LogP) is 2.06. The number of benzene rings is 1. The average molecular weight is 358 g/mol. The molecule has 0 spiro atoms. The zero-order valence-electron chi connectivity index (χ0n) is 10.6. The van der Waals surface area contributed by atoms with Crippen molar-refractivity contribution in [2.24, 2.45) is 4.99 Å². The topological polar surface area (TPSA) is 39.7 Å². The fourth-order valence-corrected chi connectivity index (χ4v) is 2.47. The van der Waals surface area contributed by atoms with E-state index in [4.69, 9.17) is 0 Å². The Morgan fingerprint density at radius 2 is 2.33 bits per heavy atom. The summed E-state index contributed by atoms with van der Waals surface area (Å²) >= 11 is 0. The van der Waals surface area contributed by atoms with Crippen LogP contribution in [0.25, 0.3) is 0 Å². The van der Waals surface area contributed by atoms with Gasteiger partial charge in [0.05, 0.1) is 6.54 Å². The van der Waals surface area contributed by atoms with Crippen LogP contribution >= 0.6 is 24.0 Å². The van der Waals surface area contributed by atoms with E-state index in [-0.39, 0.29) is 24.0 Å². The van der Waals surface area contributed by atoms with Crippen molar-refractivity contribution in [1.82, 2.24) is 5.32 Å². The predicted molar refractivity (Wildman–Crippen MR) is 87.4 cm³/mol. The zero-order chi connectivity index (χ0) is 11.7. The van der Waals surface area contributed by atoms with Crippen molar-refractivity contribution in [3.8, 4) is 0 Å². The molecule has 2 heterocycles. The summed E-state index contributed by atoms with van der Waals surface area (Å²) in [4.78, 5) is 6.77. The summed E-state index contributed by atoms with van der Waals surface area (Å²) in [6, 6.07) is 6.59. The van der Waals surface area contributed by atoms with E-state index in [1.807, 2.05) is 0 Å². The van der Waals surface area contributed by atoms with Crippen molar-refractivity contribution in [2.75, 3.05) is 36.4 Å². The molecule has 0 bridgehead atoms.